The number of nitrogens with one attached hydrogen (secondary N) is 1. The second kappa shape index (κ2) is 10.8. The molecule has 0 saturated heterocycles. The first-order valence-electron chi connectivity index (χ1n) is 9.33. The first-order valence-corrected chi connectivity index (χ1v) is 9.33. The van der Waals surface area contributed by atoms with E-state index in [0.717, 1.165) is 0 Å². The van der Waals surface area contributed by atoms with E-state index in [-0.39, 0.29) is 44.3 Å². The number of ether oxygens (including phenoxy) is 1. The molecule has 0 aliphatic heterocycles. The minimum Gasteiger partial charge on any atom is -0.471 e. The molecule has 3 rings (SSSR count). The van der Waals surface area contributed by atoms with Crippen LogP contribution in [0.1, 0.15) is 28.7 Å². The Hall–Kier alpha value is -3.41. The number of alkyl halides is 3. The lowest BCUT2D eigenvalue weighted by Crippen LogP contribution is -2.28. The van der Waals surface area contributed by atoms with E-state index in [2.05, 4.69) is 15.6 Å². The summed E-state index contributed by atoms with van der Waals surface area (Å²) in [6.45, 7) is 2.07. The third-order valence-corrected chi connectivity index (χ3v) is 3.95. The van der Waals surface area contributed by atoms with Crippen LogP contribution in [0.5, 0.6) is 5.88 Å². The predicted octanol–water partition coefficient (Wildman–Crippen LogP) is 3.39. The number of nitrogens with zero attached hydrogens (tertiary/aromatic N) is 3. The summed E-state index contributed by atoms with van der Waals surface area (Å²) in [6, 6.07) is 7.42. The second-order valence-corrected chi connectivity index (χ2v) is 6.61. The van der Waals surface area contributed by atoms with Gasteiger partial charge in [-0.15, -0.1) is 5.10 Å². The lowest BCUT2D eigenvalue weighted by Gasteiger charge is -2.04. The predicted molar refractivity (Wildman–Crippen MR) is 105 cm³/mol. The fourth-order valence-corrected chi connectivity index (χ4v) is 2.53. The van der Waals surface area contributed by atoms with E-state index < -0.39 is 6.18 Å². The van der Waals surface area contributed by atoms with Gasteiger partial charge in [0.15, 0.2) is 0 Å². The summed E-state index contributed by atoms with van der Waals surface area (Å²) in [4.78, 5) is 12.0. The van der Waals surface area contributed by atoms with E-state index in [1.807, 2.05) is 0 Å². The summed E-state index contributed by atoms with van der Waals surface area (Å²) in [7, 11) is 1.62. The lowest BCUT2D eigenvalue weighted by atomic mass is 10.1. The number of rotatable bonds is 7. The van der Waals surface area contributed by atoms with Gasteiger partial charge in [0.1, 0.15) is 29.6 Å². The van der Waals surface area contributed by atoms with Crippen molar-refractivity contribution in [1.82, 2.24) is 20.3 Å². The molecule has 0 fully saturated rings. The van der Waals surface area contributed by atoms with Crippen molar-refractivity contribution in [3.63, 3.8) is 0 Å². The number of hydrogen-bond donors (Lipinski definition) is 2. The molecule has 2 aromatic heterocycles. The Morgan fingerprint density at radius 2 is 1.91 bits per heavy atom. The first-order chi connectivity index (χ1) is 15.0. The molecule has 1 amide bonds. The largest absolute Gasteiger partial charge is 0.471 e. The standard InChI is InChI=1S/C18H19FN4O4.C2H3F3/c1-11-14(17(22-27-11)12-3-5-13(19)6-4-12)10-26-16-9-15(23(2)21-16)18(25)20-7-8-24;1-2(3,4)5/h3-6,9,24H,7-8,10H2,1-2H3,(H,20,25);1H3. The average Bonchev–Trinajstić information content (AvgIpc) is 3.26. The number of amides is 1. The molecule has 0 aliphatic rings. The minimum absolute atomic E-state index is 0.122. The van der Waals surface area contributed by atoms with Crippen LogP contribution in [0.15, 0.2) is 34.9 Å². The van der Waals surface area contributed by atoms with Crippen molar-refractivity contribution in [3.05, 3.63) is 53.2 Å². The van der Waals surface area contributed by atoms with Crippen LogP contribution in [0.25, 0.3) is 11.3 Å². The van der Waals surface area contributed by atoms with Gasteiger partial charge >= 0.3 is 6.18 Å². The van der Waals surface area contributed by atoms with Crippen molar-refractivity contribution in [2.45, 2.75) is 26.6 Å². The first kappa shape index (κ1) is 24.9. The van der Waals surface area contributed by atoms with Crippen LogP contribution in [-0.4, -0.2) is 45.3 Å². The van der Waals surface area contributed by atoms with Gasteiger partial charge in [0, 0.05) is 32.1 Å². The molecule has 2 heterocycles. The molecule has 0 saturated carbocycles. The molecule has 8 nitrogen and oxygen atoms in total. The van der Waals surface area contributed by atoms with E-state index in [1.54, 1.807) is 26.1 Å². The molecule has 1 aromatic carbocycles. The minimum atomic E-state index is -4.00. The van der Waals surface area contributed by atoms with Crippen molar-refractivity contribution >= 4 is 5.91 Å². The number of hydrogen-bond acceptors (Lipinski definition) is 6. The Kier molecular flexibility index (Phi) is 8.35. The maximum Gasteiger partial charge on any atom is 0.386 e. The molecule has 0 radical (unpaired) electrons. The van der Waals surface area contributed by atoms with Crippen LogP contribution in [0.3, 0.4) is 0 Å². The van der Waals surface area contributed by atoms with Crippen LogP contribution < -0.4 is 10.1 Å². The van der Waals surface area contributed by atoms with Crippen LogP contribution in [0.2, 0.25) is 0 Å². The summed E-state index contributed by atoms with van der Waals surface area (Å²) in [5.41, 5.74) is 2.28. The highest BCUT2D eigenvalue weighted by molar-refractivity contribution is 5.92. The van der Waals surface area contributed by atoms with Gasteiger partial charge in [-0.1, -0.05) is 5.16 Å². The quantitative estimate of drug-likeness (QED) is 0.527. The van der Waals surface area contributed by atoms with E-state index in [1.165, 1.54) is 22.9 Å². The zero-order valence-corrected chi connectivity index (χ0v) is 17.5. The molecule has 0 spiro atoms. The van der Waals surface area contributed by atoms with E-state index in [4.69, 9.17) is 14.4 Å². The lowest BCUT2D eigenvalue weighted by molar-refractivity contribution is -0.110. The topological polar surface area (TPSA) is 102 Å². The summed E-state index contributed by atoms with van der Waals surface area (Å²) in [5.74, 6) is 0.141. The molecule has 2 N–H and O–H groups in total. The molecule has 12 heteroatoms. The molecular formula is C20H22F4N4O4. The highest BCUT2D eigenvalue weighted by Gasteiger charge is 2.18. The molecule has 174 valence electrons. The summed E-state index contributed by atoms with van der Waals surface area (Å²) in [5, 5.41) is 19.5. The van der Waals surface area contributed by atoms with Gasteiger partial charge in [0.2, 0.25) is 5.88 Å². The molecule has 3 aromatic rings. The Morgan fingerprint density at radius 3 is 2.50 bits per heavy atom. The van der Waals surface area contributed by atoms with Crippen molar-refractivity contribution in [1.29, 1.82) is 0 Å². The number of aromatic nitrogens is 3. The number of benzene rings is 1. The number of carbonyl (C=O) groups excluding carboxylic acids is 1. The number of aliphatic hydroxyl groups is 1. The zero-order chi connectivity index (χ0) is 23.9. The molecule has 0 unspecified atom stereocenters. The fourth-order valence-electron chi connectivity index (χ4n) is 2.53. The number of aliphatic hydroxyl groups excluding tert-OH is 1. The highest BCUT2D eigenvalue weighted by atomic mass is 19.4. The van der Waals surface area contributed by atoms with Gasteiger partial charge in [-0.25, -0.2) is 4.39 Å². The molecular weight excluding hydrogens is 436 g/mol. The zero-order valence-electron chi connectivity index (χ0n) is 17.5. The fraction of sp³-hybridized carbons (Fsp3) is 0.350. The van der Waals surface area contributed by atoms with Gasteiger partial charge in [0.25, 0.3) is 5.91 Å². The Bertz CT molecular complexity index is 1020. The Labute approximate surface area is 180 Å². The third-order valence-electron chi connectivity index (χ3n) is 3.95. The Balaban J connectivity index is 0.000000654. The maximum atomic E-state index is 13.1. The van der Waals surface area contributed by atoms with E-state index in [0.29, 0.717) is 28.3 Å². The van der Waals surface area contributed by atoms with Crippen molar-refractivity contribution in [2.75, 3.05) is 13.2 Å². The monoisotopic (exact) mass is 458 g/mol. The highest BCUT2D eigenvalue weighted by Crippen LogP contribution is 2.26. The maximum absolute atomic E-state index is 13.1. The molecule has 0 atom stereocenters. The van der Waals surface area contributed by atoms with Gasteiger partial charge in [0.05, 0.1) is 12.2 Å². The number of aryl methyl sites for hydroxylation is 2. The van der Waals surface area contributed by atoms with Gasteiger partial charge < -0.3 is 19.7 Å². The number of halogens is 4. The van der Waals surface area contributed by atoms with Crippen LogP contribution in [-0.2, 0) is 13.7 Å². The van der Waals surface area contributed by atoms with Gasteiger partial charge in [-0.2, -0.15) is 13.2 Å². The van der Waals surface area contributed by atoms with Crippen LogP contribution in [0.4, 0.5) is 17.6 Å². The summed E-state index contributed by atoms with van der Waals surface area (Å²) < 4.78 is 56.5. The van der Waals surface area contributed by atoms with Gasteiger partial charge in [-0.3, -0.25) is 9.48 Å². The normalized spacial score (nSPS) is 11.0. The number of carbonyl (C=O) groups is 1. The van der Waals surface area contributed by atoms with Crippen LogP contribution >= 0.6 is 0 Å². The smallest absolute Gasteiger partial charge is 0.386 e. The van der Waals surface area contributed by atoms with Crippen molar-refractivity contribution in [3.8, 4) is 17.1 Å². The Morgan fingerprint density at radius 1 is 1.28 bits per heavy atom. The molecule has 0 bridgehead atoms. The summed E-state index contributed by atoms with van der Waals surface area (Å²) in [6.07, 6.45) is -4.00. The van der Waals surface area contributed by atoms with Gasteiger partial charge in [-0.05, 0) is 31.2 Å². The summed E-state index contributed by atoms with van der Waals surface area (Å²) >= 11 is 0. The van der Waals surface area contributed by atoms with Crippen LogP contribution in [0, 0.1) is 12.7 Å². The molecule has 32 heavy (non-hydrogen) atoms. The van der Waals surface area contributed by atoms with E-state index >= 15 is 0 Å². The van der Waals surface area contributed by atoms with E-state index in [9.17, 15) is 22.4 Å². The van der Waals surface area contributed by atoms with Crippen molar-refractivity contribution < 1.29 is 36.7 Å². The molecule has 0 aliphatic carbocycles. The SMILES string of the molecule is CC(F)(F)F.Cc1onc(-c2ccc(F)cc2)c1COc1cc(C(=O)NCCO)n(C)n1. The third kappa shape index (κ3) is 7.38. The van der Waals surface area contributed by atoms with Crippen molar-refractivity contribution in [2.24, 2.45) is 7.05 Å². The average molecular weight is 458 g/mol. The second-order valence-electron chi connectivity index (χ2n) is 6.61.